The maximum Gasteiger partial charge on any atom is 0.326 e. The molecule has 2 aliphatic heterocycles. The molecule has 0 radical (unpaired) electrons. The Labute approximate surface area is 380 Å². The number of ketones is 2. The predicted octanol–water partition coefficient (Wildman–Crippen LogP) is 12.3. The van der Waals surface area contributed by atoms with E-state index in [-0.39, 0.29) is 33.2 Å². The van der Waals surface area contributed by atoms with Gasteiger partial charge < -0.3 is 19.7 Å². The summed E-state index contributed by atoms with van der Waals surface area (Å²) in [5.74, 6) is -0.169. The molecule has 0 aromatic heterocycles. The van der Waals surface area contributed by atoms with Gasteiger partial charge in [-0.25, -0.2) is 0 Å². The molecular formula is C56H68O8. The summed E-state index contributed by atoms with van der Waals surface area (Å²) in [5, 5.41) is 22.5. The first-order chi connectivity index (χ1) is 29.7. The van der Waals surface area contributed by atoms with Gasteiger partial charge in [-0.15, -0.1) is 0 Å². The van der Waals surface area contributed by atoms with Gasteiger partial charge in [0.15, 0.2) is 11.6 Å². The van der Waals surface area contributed by atoms with Crippen LogP contribution < -0.4 is 9.47 Å². The van der Waals surface area contributed by atoms with E-state index in [1.165, 1.54) is 0 Å². The first-order valence-electron chi connectivity index (χ1n) is 23.2. The van der Waals surface area contributed by atoms with Crippen LogP contribution in [-0.4, -0.2) is 33.7 Å². The molecule has 8 heteroatoms. The average Bonchev–Trinajstić information content (AvgIpc) is 3.19. The highest BCUT2D eigenvalue weighted by atomic mass is 16.5. The number of benzene rings is 4. The topological polar surface area (TPSA) is 127 Å². The molecule has 4 aromatic carbocycles. The molecule has 0 unspecified atom stereocenters. The number of hydrogen-bond acceptors (Lipinski definition) is 8. The Morgan fingerprint density at radius 2 is 0.766 bits per heavy atom. The van der Waals surface area contributed by atoms with Crippen molar-refractivity contribution in [1.29, 1.82) is 0 Å². The molecule has 0 saturated heterocycles. The molecule has 0 bridgehead atoms. The Balaban J connectivity index is 0.000000191. The van der Waals surface area contributed by atoms with Gasteiger partial charge >= 0.3 is 11.9 Å². The quantitative estimate of drug-likeness (QED) is 0.116. The van der Waals surface area contributed by atoms with Gasteiger partial charge in [-0.2, -0.15) is 0 Å². The zero-order chi connectivity index (χ0) is 46.9. The van der Waals surface area contributed by atoms with E-state index in [1.54, 1.807) is 12.1 Å². The van der Waals surface area contributed by atoms with Crippen molar-refractivity contribution >= 4 is 23.5 Å². The highest BCUT2D eigenvalue weighted by Crippen LogP contribution is 2.58. The second-order valence-corrected chi connectivity index (χ2v) is 22.9. The Morgan fingerprint density at radius 1 is 0.469 bits per heavy atom. The number of phenols is 2. The lowest BCUT2D eigenvalue weighted by Crippen LogP contribution is -2.51. The molecule has 64 heavy (non-hydrogen) atoms. The maximum absolute atomic E-state index is 13.5. The molecule has 340 valence electrons. The molecule has 2 aliphatic carbocycles. The van der Waals surface area contributed by atoms with Crippen LogP contribution in [0, 0.1) is 10.8 Å². The number of esters is 2. The second kappa shape index (κ2) is 16.3. The summed E-state index contributed by atoms with van der Waals surface area (Å²) >= 11 is 0. The average molecular weight is 869 g/mol. The number of carbonyl (C=O) groups is 4. The van der Waals surface area contributed by atoms with Crippen molar-refractivity contribution in [2.45, 2.75) is 168 Å². The summed E-state index contributed by atoms with van der Waals surface area (Å²) in [6.45, 7) is 24.9. The summed E-state index contributed by atoms with van der Waals surface area (Å²) in [7, 11) is 0. The number of Topliss-reactive ketones (excluding diaryl/α,β-unsaturated/α-hetero) is 2. The molecular weight excluding hydrogens is 801 g/mol. The van der Waals surface area contributed by atoms with Crippen molar-refractivity contribution in [1.82, 2.24) is 0 Å². The van der Waals surface area contributed by atoms with E-state index >= 15 is 0 Å². The van der Waals surface area contributed by atoms with Gasteiger partial charge in [0, 0.05) is 35.8 Å². The first kappa shape index (κ1) is 46.7. The van der Waals surface area contributed by atoms with Crippen LogP contribution in [0.5, 0.6) is 23.0 Å². The third-order valence-electron chi connectivity index (χ3n) is 14.2. The number of rotatable bonds is 2. The van der Waals surface area contributed by atoms with Crippen LogP contribution in [0.1, 0.15) is 191 Å². The lowest BCUT2D eigenvalue weighted by molar-refractivity contribution is -0.159. The third-order valence-corrected chi connectivity index (χ3v) is 14.2. The van der Waals surface area contributed by atoms with Crippen LogP contribution in [-0.2, 0) is 40.8 Å². The summed E-state index contributed by atoms with van der Waals surface area (Å²) in [6.07, 6.45) is 5.00. The van der Waals surface area contributed by atoms with Gasteiger partial charge in [0.25, 0.3) is 0 Å². The van der Waals surface area contributed by atoms with Crippen molar-refractivity contribution < 1.29 is 38.9 Å². The van der Waals surface area contributed by atoms with Crippen LogP contribution in [0.25, 0.3) is 0 Å². The van der Waals surface area contributed by atoms with E-state index in [2.05, 4.69) is 83.1 Å². The highest BCUT2D eigenvalue weighted by Gasteiger charge is 2.59. The van der Waals surface area contributed by atoms with Crippen molar-refractivity contribution in [3.63, 3.8) is 0 Å². The van der Waals surface area contributed by atoms with E-state index in [1.807, 2.05) is 60.7 Å². The van der Waals surface area contributed by atoms with E-state index in [0.717, 1.165) is 70.2 Å². The molecule has 2 spiro atoms. The zero-order valence-electron chi connectivity index (χ0n) is 40.1. The molecule has 0 amide bonds. The van der Waals surface area contributed by atoms with E-state index in [0.29, 0.717) is 48.7 Å². The van der Waals surface area contributed by atoms with Crippen molar-refractivity contribution in [2.75, 3.05) is 0 Å². The van der Waals surface area contributed by atoms with Crippen LogP contribution in [0.4, 0.5) is 0 Å². The fraction of sp³-hybridized carbons (Fsp3) is 0.500. The lowest BCUT2D eigenvalue weighted by Gasteiger charge is -2.44. The minimum Gasteiger partial charge on any atom is -0.507 e. The molecule has 4 atom stereocenters. The van der Waals surface area contributed by atoms with Crippen LogP contribution in [0.2, 0.25) is 0 Å². The summed E-state index contributed by atoms with van der Waals surface area (Å²) in [4.78, 5) is 53.8. The maximum atomic E-state index is 13.5. The number of aromatic hydroxyl groups is 2. The van der Waals surface area contributed by atoms with Gasteiger partial charge in [-0.1, -0.05) is 157 Å². The normalized spacial score (nSPS) is 23.8. The zero-order valence-corrected chi connectivity index (χ0v) is 40.1. The SMILES string of the molecule is CC(C)(C)c1cc([C@H]2c3ccccc3OC(=O)[C@@]23CCCCC3=O)cc(C(C)(C)C)c1O.CC(C)(C)c1cc([C@H]2c3ccccc3OC(=O)[C@@]23CCCCC3=O)cc(C(C)(C)C)c1O. The summed E-state index contributed by atoms with van der Waals surface area (Å²) in [5.41, 5.74) is 3.19. The fourth-order valence-corrected chi connectivity index (χ4v) is 10.8. The van der Waals surface area contributed by atoms with Gasteiger partial charge in [-0.05, 0) is 92.9 Å². The standard InChI is InChI=1S/2C28H34O4/c2*1-26(2,3)19-15-17(16-20(24(19)30)27(4,5)6)23-18-11-7-8-12-21(18)32-25(31)28(23)14-10-9-13-22(28)29/h2*7-8,11-12,15-16,23,30H,9-10,13-14H2,1-6H3/t2*23-,28+/m00/s1. The smallest absolute Gasteiger partial charge is 0.326 e. The van der Waals surface area contributed by atoms with E-state index in [4.69, 9.17) is 9.47 Å². The molecule has 4 aliphatic rings. The van der Waals surface area contributed by atoms with Gasteiger partial charge in [0.05, 0.1) is 0 Å². The number of fused-ring (bicyclic) bond motifs is 2. The molecule has 8 nitrogen and oxygen atoms in total. The second-order valence-electron chi connectivity index (χ2n) is 22.9. The number of carbonyl (C=O) groups excluding carboxylic acids is 4. The van der Waals surface area contributed by atoms with Crippen LogP contribution >= 0.6 is 0 Å². The van der Waals surface area contributed by atoms with Gasteiger partial charge in [0.2, 0.25) is 0 Å². The van der Waals surface area contributed by atoms with Crippen LogP contribution in [0.15, 0.2) is 72.8 Å². The largest absolute Gasteiger partial charge is 0.507 e. The van der Waals surface area contributed by atoms with E-state index < -0.39 is 34.6 Å². The molecule has 4 aromatic rings. The summed E-state index contributed by atoms with van der Waals surface area (Å²) in [6, 6.07) is 23.1. The minimum atomic E-state index is -1.21. The Morgan fingerprint density at radius 3 is 1.05 bits per heavy atom. The Bertz CT molecular complexity index is 2270. The Kier molecular flexibility index (Phi) is 11.9. The van der Waals surface area contributed by atoms with Crippen molar-refractivity contribution in [3.8, 4) is 23.0 Å². The minimum absolute atomic E-state index is 0.0315. The monoisotopic (exact) mass is 868 g/mol. The molecule has 2 heterocycles. The first-order valence-corrected chi connectivity index (χ1v) is 23.2. The van der Waals surface area contributed by atoms with Crippen molar-refractivity contribution in [2.24, 2.45) is 10.8 Å². The fourth-order valence-electron chi connectivity index (χ4n) is 10.8. The third kappa shape index (κ3) is 7.97. The highest BCUT2D eigenvalue weighted by molar-refractivity contribution is 6.08. The van der Waals surface area contributed by atoms with Crippen LogP contribution in [0.3, 0.4) is 0 Å². The van der Waals surface area contributed by atoms with E-state index in [9.17, 15) is 29.4 Å². The molecule has 2 saturated carbocycles. The predicted molar refractivity (Wildman–Crippen MR) is 251 cm³/mol. The lowest BCUT2D eigenvalue weighted by atomic mass is 9.59. The number of ether oxygens (including phenoxy) is 2. The number of phenolic OH excluding ortho intramolecular Hbond substituents is 2. The molecule has 2 fully saturated rings. The van der Waals surface area contributed by atoms with Crippen molar-refractivity contribution in [3.05, 3.63) is 117 Å². The number of para-hydroxylation sites is 2. The Hall–Kier alpha value is -5.24. The number of hydrogen-bond donors (Lipinski definition) is 2. The van der Waals surface area contributed by atoms with Gasteiger partial charge in [0.1, 0.15) is 33.8 Å². The summed E-state index contributed by atoms with van der Waals surface area (Å²) < 4.78 is 11.5. The molecule has 8 rings (SSSR count). The molecule has 2 N–H and O–H groups in total. The van der Waals surface area contributed by atoms with Gasteiger partial charge in [-0.3, -0.25) is 19.2 Å².